The van der Waals surface area contributed by atoms with E-state index in [1.165, 1.54) is 0 Å². The monoisotopic (exact) mass is 284 g/mol. The molecule has 1 aromatic carbocycles. The minimum Gasteiger partial charge on any atom is -0.336 e. The molecule has 3 nitrogen and oxygen atoms in total. The Hall–Kier alpha value is -1.06. The molecule has 2 atom stereocenters. The van der Waals surface area contributed by atoms with Crippen molar-refractivity contribution in [3.63, 3.8) is 0 Å². The van der Waals surface area contributed by atoms with E-state index < -0.39 is 0 Å². The maximum absolute atomic E-state index is 12.2. The van der Waals surface area contributed by atoms with E-state index in [0.29, 0.717) is 13.0 Å². The number of carbonyl (C=O) groups is 1. The Kier molecular flexibility index (Phi) is 8.44. The van der Waals surface area contributed by atoms with Crippen LogP contribution in [0, 0.1) is 0 Å². The lowest BCUT2D eigenvalue weighted by Crippen LogP contribution is -2.40. The molecule has 0 fully saturated rings. The zero-order valence-electron chi connectivity index (χ0n) is 12.0. The first-order valence-corrected chi connectivity index (χ1v) is 6.63. The Bertz CT molecular complexity index is 368. The SMILES string of the molecule is CCC(C)N(Cc1ccccc1)C(=O)CC(C)N.Cl. The first kappa shape index (κ1) is 17.9. The first-order chi connectivity index (χ1) is 8.54. The van der Waals surface area contributed by atoms with E-state index in [4.69, 9.17) is 5.73 Å². The van der Waals surface area contributed by atoms with Crippen LogP contribution in [0.25, 0.3) is 0 Å². The van der Waals surface area contributed by atoms with Gasteiger partial charge in [-0.3, -0.25) is 4.79 Å². The third kappa shape index (κ3) is 6.08. The summed E-state index contributed by atoms with van der Waals surface area (Å²) in [5.74, 6) is 0.142. The lowest BCUT2D eigenvalue weighted by atomic mass is 10.1. The molecule has 1 amide bonds. The largest absolute Gasteiger partial charge is 0.336 e. The van der Waals surface area contributed by atoms with Gasteiger partial charge in [-0.25, -0.2) is 0 Å². The van der Waals surface area contributed by atoms with Crippen LogP contribution in [0.5, 0.6) is 0 Å². The second-order valence-corrected chi connectivity index (χ2v) is 4.95. The molecule has 2 N–H and O–H groups in total. The van der Waals surface area contributed by atoms with Crippen molar-refractivity contribution in [2.75, 3.05) is 0 Å². The third-order valence-electron chi connectivity index (χ3n) is 3.14. The molecule has 1 aromatic rings. The second-order valence-electron chi connectivity index (χ2n) is 4.95. The smallest absolute Gasteiger partial charge is 0.224 e. The molecule has 0 aliphatic heterocycles. The fourth-order valence-electron chi connectivity index (χ4n) is 1.88. The molecule has 0 aromatic heterocycles. The molecule has 0 aliphatic rings. The number of nitrogens with two attached hydrogens (primary N) is 1. The number of halogens is 1. The van der Waals surface area contributed by atoms with E-state index in [2.05, 4.69) is 26.0 Å². The Morgan fingerprint density at radius 2 is 1.84 bits per heavy atom. The van der Waals surface area contributed by atoms with Crippen molar-refractivity contribution in [2.45, 2.75) is 52.2 Å². The maximum atomic E-state index is 12.2. The maximum Gasteiger partial charge on any atom is 0.224 e. The molecule has 0 saturated carbocycles. The Morgan fingerprint density at radius 3 is 2.32 bits per heavy atom. The normalized spacial score (nSPS) is 13.3. The summed E-state index contributed by atoms with van der Waals surface area (Å²) in [7, 11) is 0. The molecule has 0 heterocycles. The summed E-state index contributed by atoms with van der Waals surface area (Å²) in [4.78, 5) is 14.1. The van der Waals surface area contributed by atoms with Crippen LogP contribution in [0.2, 0.25) is 0 Å². The van der Waals surface area contributed by atoms with Crippen LogP contribution in [-0.4, -0.2) is 22.9 Å². The van der Waals surface area contributed by atoms with Crippen molar-refractivity contribution in [3.8, 4) is 0 Å². The van der Waals surface area contributed by atoms with Crippen LogP contribution >= 0.6 is 12.4 Å². The minimum atomic E-state index is -0.0835. The lowest BCUT2D eigenvalue weighted by Gasteiger charge is -2.29. The van der Waals surface area contributed by atoms with Crippen molar-refractivity contribution in [1.29, 1.82) is 0 Å². The number of rotatable bonds is 6. The average Bonchev–Trinajstić information content (AvgIpc) is 2.35. The molecule has 19 heavy (non-hydrogen) atoms. The van der Waals surface area contributed by atoms with Crippen LogP contribution in [0.1, 0.15) is 39.2 Å². The minimum absolute atomic E-state index is 0. The van der Waals surface area contributed by atoms with Crippen LogP contribution in [0.15, 0.2) is 30.3 Å². The molecule has 4 heteroatoms. The topological polar surface area (TPSA) is 46.3 Å². The summed E-state index contributed by atoms with van der Waals surface area (Å²) in [5.41, 5.74) is 6.88. The van der Waals surface area contributed by atoms with Crippen LogP contribution in [-0.2, 0) is 11.3 Å². The highest BCUT2D eigenvalue weighted by molar-refractivity contribution is 5.85. The predicted octanol–water partition coefficient (Wildman–Crippen LogP) is 2.97. The summed E-state index contributed by atoms with van der Waals surface area (Å²) >= 11 is 0. The van der Waals surface area contributed by atoms with Gasteiger partial charge < -0.3 is 10.6 Å². The zero-order valence-corrected chi connectivity index (χ0v) is 12.8. The highest BCUT2D eigenvalue weighted by Crippen LogP contribution is 2.12. The zero-order chi connectivity index (χ0) is 13.5. The molecular weight excluding hydrogens is 260 g/mol. The summed E-state index contributed by atoms with van der Waals surface area (Å²) in [5, 5.41) is 0. The van der Waals surface area contributed by atoms with Gasteiger partial charge in [-0.2, -0.15) is 0 Å². The fraction of sp³-hybridized carbons (Fsp3) is 0.533. The highest BCUT2D eigenvalue weighted by Gasteiger charge is 2.19. The van der Waals surface area contributed by atoms with E-state index in [1.54, 1.807) is 0 Å². The predicted molar refractivity (Wildman–Crippen MR) is 82.3 cm³/mol. The number of hydrogen-bond donors (Lipinski definition) is 1. The van der Waals surface area contributed by atoms with E-state index in [-0.39, 0.29) is 30.4 Å². The summed E-state index contributed by atoms with van der Waals surface area (Å²) in [6.07, 6.45) is 1.37. The second kappa shape index (κ2) is 8.94. The molecule has 0 radical (unpaired) electrons. The quantitative estimate of drug-likeness (QED) is 0.873. The van der Waals surface area contributed by atoms with E-state index >= 15 is 0 Å². The average molecular weight is 285 g/mol. The van der Waals surface area contributed by atoms with Gasteiger partial charge in [-0.1, -0.05) is 37.3 Å². The van der Waals surface area contributed by atoms with Gasteiger partial charge in [0.15, 0.2) is 0 Å². The van der Waals surface area contributed by atoms with Gasteiger partial charge in [0.2, 0.25) is 5.91 Å². The van der Waals surface area contributed by atoms with E-state index in [0.717, 1.165) is 12.0 Å². The summed E-state index contributed by atoms with van der Waals surface area (Å²) < 4.78 is 0. The number of amides is 1. The van der Waals surface area contributed by atoms with Gasteiger partial charge in [0.05, 0.1) is 0 Å². The van der Waals surface area contributed by atoms with Gasteiger partial charge >= 0.3 is 0 Å². The third-order valence-corrected chi connectivity index (χ3v) is 3.14. The Labute approximate surface area is 122 Å². The van der Waals surface area contributed by atoms with Crippen LogP contribution in [0.4, 0.5) is 0 Å². The standard InChI is InChI=1S/C15H24N2O.ClH/c1-4-13(3)17(15(18)10-12(2)16)11-14-8-6-5-7-9-14;/h5-9,12-13H,4,10-11,16H2,1-3H3;1H. The summed E-state index contributed by atoms with van der Waals surface area (Å²) in [6, 6.07) is 10.3. The molecule has 0 bridgehead atoms. The number of hydrogen-bond acceptors (Lipinski definition) is 2. The summed E-state index contributed by atoms with van der Waals surface area (Å²) in [6.45, 7) is 6.72. The van der Waals surface area contributed by atoms with Crippen molar-refractivity contribution < 1.29 is 4.79 Å². The number of carbonyl (C=O) groups excluding carboxylic acids is 1. The van der Waals surface area contributed by atoms with Gasteiger partial charge in [0.1, 0.15) is 0 Å². The van der Waals surface area contributed by atoms with Gasteiger partial charge in [-0.05, 0) is 25.8 Å². The molecule has 1 rings (SSSR count). The highest BCUT2D eigenvalue weighted by atomic mass is 35.5. The molecule has 0 spiro atoms. The van der Waals surface area contributed by atoms with Crippen molar-refractivity contribution in [1.82, 2.24) is 4.90 Å². The van der Waals surface area contributed by atoms with Gasteiger partial charge in [-0.15, -0.1) is 12.4 Å². The Morgan fingerprint density at radius 1 is 1.26 bits per heavy atom. The first-order valence-electron chi connectivity index (χ1n) is 6.63. The van der Waals surface area contributed by atoms with E-state index in [9.17, 15) is 4.79 Å². The van der Waals surface area contributed by atoms with Gasteiger partial charge in [0, 0.05) is 25.0 Å². The number of benzene rings is 1. The number of nitrogens with zero attached hydrogens (tertiary/aromatic N) is 1. The molecular formula is C15H25ClN2O. The van der Waals surface area contributed by atoms with Gasteiger partial charge in [0.25, 0.3) is 0 Å². The van der Waals surface area contributed by atoms with Crippen molar-refractivity contribution in [3.05, 3.63) is 35.9 Å². The van der Waals surface area contributed by atoms with Crippen molar-refractivity contribution >= 4 is 18.3 Å². The van der Waals surface area contributed by atoms with E-state index in [1.807, 2.05) is 30.0 Å². The molecule has 0 saturated heterocycles. The fourth-order valence-corrected chi connectivity index (χ4v) is 1.88. The van der Waals surface area contributed by atoms with Crippen LogP contribution in [0.3, 0.4) is 0 Å². The Balaban J connectivity index is 0.00000324. The molecule has 0 aliphatic carbocycles. The molecule has 108 valence electrons. The van der Waals surface area contributed by atoms with Crippen LogP contribution < -0.4 is 5.73 Å². The molecule has 2 unspecified atom stereocenters. The van der Waals surface area contributed by atoms with Crippen molar-refractivity contribution in [2.24, 2.45) is 5.73 Å². The lowest BCUT2D eigenvalue weighted by molar-refractivity contribution is -0.134.